The zero-order chi connectivity index (χ0) is 40.8. The highest BCUT2D eigenvalue weighted by Crippen LogP contribution is 2.56. The number of aryl methyl sites for hydroxylation is 2. The van der Waals surface area contributed by atoms with Gasteiger partial charge < -0.3 is 0 Å². The molecule has 0 aliphatic carbocycles. The summed E-state index contributed by atoms with van der Waals surface area (Å²) in [4.78, 5) is 0. The van der Waals surface area contributed by atoms with Gasteiger partial charge in [-0.2, -0.15) is 0 Å². The first-order chi connectivity index (χ1) is 30.6. The second kappa shape index (κ2) is 12.4. The number of hydrogen-bond donors (Lipinski definition) is 0. The monoisotopic (exact) mass is 782 g/mol. The van der Waals surface area contributed by atoms with Gasteiger partial charge >= 0.3 is 0 Å². The summed E-state index contributed by atoms with van der Waals surface area (Å²) in [5.74, 6) is 0. The van der Waals surface area contributed by atoms with Crippen molar-refractivity contribution in [3.63, 3.8) is 0 Å². The number of benzene rings is 12. The molecule has 0 heteroatoms. The quantitative estimate of drug-likeness (QED) is 0.157. The van der Waals surface area contributed by atoms with Gasteiger partial charge in [-0.25, -0.2) is 0 Å². The van der Waals surface area contributed by atoms with Crippen LogP contribution in [-0.4, -0.2) is 0 Å². The van der Waals surface area contributed by atoms with Crippen molar-refractivity contribution < 1.29 is 0 Å². The molecule has 0 spiro atoms. The minimum Gasteiger partial charge on any atom is -0.0622 e. The van der Waals surface area contributed by atoms with E-state index in [-0.39, 0.29) is 0 Å². The third-order valence-electron chi connectivity index (χ3n) is 14.3. The lowest BCUT2D eigenvalue weighted by Crippen LogP contribution is -1.91. The number of rotatable bonds is 3. The molecule has 0 aliphatic heterocycles. The zero-order valence-electron chi connectivity index (χ0n) is 34.5. The van der Waals surface area contributed by atoms with Crippen molar-refractivity contribution in [3.8, 4) is 33.4 Å². The van der Waals surface area contributed by atoms with Crippen LogP contribution in [-0.2, 0) is 0 Å². The van der Waals surface area contributed by atoms with Gasteiger partial charge in [0.05, 0.1) is 0 Å². The van der Waals surface area contributed by atoms with Crippen LogP contribution in [0, 0.1) is 13.8 Å². The molecule has 62 heavy (non-hydrogen) atoms. The van der Waals surface area contributed by atoms with Crippen LogP contribution in [0.3, 0.4) is 0 Å². The molecule has 0 aliphatic rings. The van der Waals surface area contributed by atoms with E-state index in [1.807, 2.05) is 0 Å². The predicted molar refractivity (Wildman–Crippen MR) is 270 cm³/mol. The molecule has 14 aromatic rings. The molecule has 0 nitrogen and oxygen atoms in total. The molecule has 14 aromatic carbocycles. The van der Waals surface area contributed by atoms with Crippen LogP contribution in [0.1, 0.15) is 11.1 Å². The largest absolute Gasteiger partial charge is 0.0622 e. The Bertz CT molecular complexity index is 4170. The second-order valence-electron chi connectivity index (χ2n) is 17.5. The van der Waals surface area contributed by atoms with Crippen molar-refractivity contribution in [1.29, 1.82) is 0 Å². The molecule has 0 amide bonds. The summed E-state index contributed by atoms with van der Waals surface area (Å²) in [6.07, 6.45) is 0. The van der Waals surface area contributed by atoms with E-state index in [0.29, 0.717) is 0 Å². The van der Waals surface area contributed by atoms with E-state index in [4.69, 9.17) is 0 Å². The molecule has 0 atom stereocenters. The number of fused-ring (bicyclic) bond motifs is 15. The topological polar surface area (TPSA) is 0 Å². The molecule has 14 rings (SSSR count). The Hall–Kier alpha value is -7.80. The smallest absolute Gasteiger partial charge is 0.000697 e. The van der Waals surface area contributed by atoms with Crippen LogP contribution in [0.25, 0.3) is 141 Å². The van der Waals surface area contributed by atoms with Gasteiger partial charge in [0.1, 0.15) is 0 Å². The average Bonchev–Trinajstić information content (AvgIpc) is 3.82. The molecule has 286 valence electrons. The van der Waals surface area contributed by atoms with Crippen LogP contribution < -0.4 is 0 Å². The lowest BCUT2D eigenvalue weighted by Gasteiger charge is -2.19. The lowest BCUT2D eigenvalue weighted by molar-refractivity contribution is 1.38. The molecule has 0 saturated carbocycles. The Morgan fingerprint density at radius 1 is 0.194 bits per heavy atom. The summed E-state index contributed by atoms with van der Waals surface area (Å²) in [6.45, 7) is 4.47. The average molecular weight is 783 g/mol. The van der Waals surface area contributed by atoms with Crippen molar-refractivity contribution in [2.24, 2.45) is 0 Å². The van der Waals surface area contributed by atoms with E-state index in [1.165, 1.54) is 152 Å². The van der Waals surface area contributed by atoms with Gasteiger partial charge in [-0.3, -0.25) is 0 Å². The maximum Gasteiger partial charge on any atom is -0.000697 e. The molecular formula is C62H38. The van der Waals surface area contributed by atoms with Gasteiger partial charge in [-0.15, -0.1) is 0 Å². The summed E-state index contributed by atoms with van der Waals surface area (Å²) < 4.78 is 0. The summed E-state index contributed by atoms with van der Waals surface area (Å²) in [5, 5.41) is 26.4. The van der Waals surface area contributed by atoms with E-state index >= 15 is 0 Å². The Morgan fingerprint density at radius 3 is 1.24 bits per heavy atom. The Morgan fingerprint density at radius 2 is 0.613 bits per heavy atom. The van der Waals surface area contributed by atoms with Crippen molar-refractivity contribution in [1.82, 2.24) is 0 Å². The van der Waals surface area contributed by atoms with Gasteiger partial charge in [0.2, 0.25) is 0 Å². The summed E-state index contributed by atoms with van der Waals surface area (Å²) in [6, 6.07) is 73.5. The zero-order valence-corrected chi connectivity index (χ0v) is 34.5. The van der Waals surface area contributed by atoms with Gasteiger partial charge in [0.15, 0.2) is 0 Å². The Labute approximate surface area is 358 Å². The van der Waals surface area contributed by atoms with Crippen molar-refractivity contribution in [2.75, 3.05) is 0 Å². The first-order valence-electron chi connectivity index (χ1n) is 21.9. The maximum atomic E-state index is 2.57. The van der Waals surface area contributed by atoms with Crippen LogP contribution in [0.5, 0.6) is 0 Å². The minimum absolute atomic E-state index is 1.24. The van der Waals surface area contributed by atoms with Crippen LogP contribution in [0.15, 0.2) is 194 Å². The van der Waals surface area contributed by atoms with E-state index in [1.54, 1.807) is 0 Å². The van der Waals surface area contributed by atoms with Crippen LogP contribution in [0.4, 0.5) is 0 Å². The van der Waals surface area contributed by atoms with Crippen molar-refractivity contribution in [3.05, 3.63) is 205 Å². The fraction of sp³-hybridized carbons (Fsp3) is 0.0323. The van der Waals surface area contributed by atoms with E-state index in [2.05, 4.69) is 208 Å². The summed E-state index contributed by atoms with van der Waals surface area (Å²) in [5.41, 5.74) is 10.3. The molecule has 0 radical (unpaired) electrons. The first-order valence-corrected chi connectivity index (χ1v) is 21.9. The van der Waals surface area contributed by atoms with Crippen molar-refractivity contribution >= 4 is 108 Å². The molecule has 0 unspecified atom stereocenters. The summed E-state index contributed by atoms with van der Waals surface area (Å²) in [7, 11) is 0. The fourth-order valence-electron chi connectivity index (χ4n) is 11.9. The van der Waals surface area contributed by atoms with E-state index < -0.39 is 0 Å². The van der Waals surface area contributed by atoms with Gasteiger partial charge in [0, 0.05) is 0 Å². The maximum absolute atomic E-state index is 2.57. The van der Waals surface area contributed by atoms with E-state index in [0.717, 1.165) is 0 Å². The Kier molecular flexibility index (Phi) is 6.78. The van der Waals surface area contributed by atoms with Crippen molar-refractivity contribution in [2.45, 2.75) is 13.8 Å². The predicted octanol–water partition coefficient (Wildman–Crippen LogP) is 17.7. The lowest BCUT2D eigenvalue weighted by atomic mass is 9.83. The first kappa shape index (κ1) is 34.0. The summed E-state index contributed by atoms with van der Waals surface area (Å²) >= 11 is 0. The van der Waals surface area contributed by atoms with Crippen LogP contribution >= 0.6 is 0 Å². The highest BCUT2D eigenvalue weighted by molar-refractivity contribution is 6.47. The minimum atomic E-state index is 1.24. The molecular weight excluding hydrogens is 745 g/mol. The second-order valence-corrected chi connectivity index (χ2v) is 17.5. The van der Waals surface area contributed by atoms with Gasteiger partial charge in [-0.05, 0) is 184 Å². The Balaban J connectivity index is 1.26. The van der Waals surface area contributed by atoms with Gasteiger partial charge in [0.25, 0.3) is 0 Å². The third-order valence-corrected chi connectivity index (χ3v) is 14.3. The SMILES string of the molecule is Cc1cccc(C)c1-c1ccc2c(c1)c1ccccc1c1cc3c4c(-c5ccccc5)c5c(cc6c7ccccc7c7cccc5c76)c(-c5ccccc5)c4c4cccc(c21)c43. The molecule has 0 fully saturated rings. The molecule has 0 heterocycles. The molecule has 0 N–H and O–H groups in total. The third kappa shape index (κ3) is 4.36. The molecule has 0 bridgehead atoms. The molecule has 0 saturated heterocycles. The van der Waals surface area contributed by atoms with Gasteiger partial charge in [-0.1, -0.05) is 176 Å². The highest BCUT2D eigenvalue weighted by atomic mass is 14.3. The standard InChI is InChI=1S/C62H38/c1-35-16-13-17-36(2)54(35)39-30-31-45-49(32-39)41-23-10-12-25-43(41)51-34-53-59-46(58(45)51)27-15-29-48(59)61-55(37-18-5-3-6-19-37)52-33-50-42-24-11-9-22-40(42)44-26-14-28-47(57(44)50)60(52)56(62(53)61)38-20-7-4-8-21-38/h3-34H,1-2H3. The highest BCUT2D eigenvalue weighted by Gasteiger charge is 2.27. The normalized spacial score (nSPS) is 12.4. The number of hydrogen-bond acceptors (Lipinski definition) is 0. The fourth-order valence-corrected chi connectivity index (χ4v) is 11.9. The van der Waals surface area contributed by atoms with Crippen LogP contribution in [0.2, 0.25) is 0 Å². The van der Waals surface area contributed by atoms with E-state index in [9.17, 15) is 0 Å². The molecule has 0 aromatic heterocycles.